The summed E-state index contributed by atoms with van der Waals surface area (Å²) in [6.07, 6.45) is 0. The van der Waals surface area contributed by atoms with Gasteiger partial charge in [-0.25, -0.2) is 0 Å². The van der Waals surface area contributed by atoms with Crippen LogP contribution in [0.4, 0.5) is 0 Å². The molecule has 0 spiro atoms. The van der Waals surface area contributed by atoms with Crippen LogP contribution in [0.2, 0.25) is 0 Å². The fourth-order valence-electron chi connectivity index (χ4n) is 0.947. The van der Waals surface area contributed by atoms with Crippen molar-refractivity contribution in [1.29, 1.82) is 0 Å². The van der Waals surface area contributed by atoms with Crippen LogP contribution in [-0.4, -0.2) is 16.9 Å². The van der Waals surface area contributed by atoms with Gasteiger partial charge in [0, 0.05) is 5.56 Å². The van der Waals surface area contributed by atoms with Crippen LogP contribution in [0.15, 0.2) is 18.2 Å². The third kappa shape index (κ3) is 2.41. The summed E-state index contributed by atoms with van der Waals surface area (Å²) in [5, 5.41) is 9.26. The van der Waals surface area contributed by atoms with Gasteiger partial charge in [0.25, 0.3) is 5.91 Å². The Balaban J connectivity index is 3.13. The smallest absolute Gasteiger partial charge is 0.252 e. The standard InChI is InChI=1S/C10H8ClNO2/c11-5-1-2-7-3-4-9(13)8(6-7)10(12)14/h3-4,6,13H,5H2,(H2,12,14). The highest BCUT2D eigenvalue weighted by Crippen LogP contribution is 2.17. The van der Waals surface area contributed by atoms with Crippen molar-refractivity contribution in [2.24, 2.45) is 5.73 Å². The molecule has 1 aromatic rings. The highest BCUT2D eigenvalue weighted by Gasteiger charge is 2.06. The molecule has 0 aliphatic carbocycles. The summed E-state index contributed by atoms with van der Waals surface area (Å²) in [5.74, 6) is 4.74. The summed E-state index contributed by atoms with van der Waals surface area (Å²) in [4.78, 5) is 10.8. The Hall–Kier alpha value is -1.66. The average Bonchev–Trinajstić information content (AvgIpc) is 2.16. The zero-order chi connectivity index (χ0) is 10.6. The van der Waals surface area contributed by atoms with Gasteiger partial charge in [0.05, 0.1) is 11.4 Å². The van der Waals surface area contributed by atoms with Crippen molar-refractivity contribution in [2.75, 3.05) is 5.88 Å². The van der Waals surface area contributed by atoms with Crippen molar-refractivity contribution < 1.29 is 9.90 Å². The summed E-state index contributed by atoms with van der Waals surface area (Å²) >= 11 is 5.37. The van der Waals surface area contributed by atoms with Crippen LogP contribution >= 0.6 is 11.6 Å². The Morgan fingerprint density at radius 3 is 2.86 bits per heavy atom. The fraction of sp³-hybridized carbons (Fsp3) is 0.100. The number of carbonyl (C=O) groups excluding carboxylic acids is 1. The number of halogens is 1. The van der Waals surface area contributed by atoms with Gasteiger partial charge in [-0.1, -0.05) is 11.8 Å². The van der Waals surface area contributed by atoms with Gasteiger partial charge in [-0.05, 0) is 18.2 Å². The molecule has 1 amide bonds. The quantitative estimate of drug-likeness (QED) is 0.537. The first-order valence-corrected chi connectivity index (χ1v) is 4.36. The van der Waals surface area contributed by atoms with Crippen LogP contribution in [0, 0.1) is 11.8 Å². The number of benzene rings is 1. The highest BCUT2D eigenvalue weighted by atomic mass is 35.5. The minimum atomic E-state index is -0.683. The van der Waals surface area contributed by atoms with Crippen molar-refractivity contribution in [3.8, 4) is 17.6 Å². The largest absolute Gasteiger partial charge is 0.507 e. The Morgan fingerprint density at radius 2 is 2.29 bits per heavy atom. The Kier molecular flexibility index (Phi) is 3.38. The van der Waals surface area contributed by atoms with E-state index < -0.39 is 5.91 Å². The lowest BCUT2D eigenvalue weighted by Gasteiger charge is -1.99. The first kappa shape index (κ1) is 10.4. The van der Waals surface area contributed by atoms with Gasteiger partial charge in [0.15, 0.2) is 0 Å². The van der Waals surface area contributed by atoms with Gasteiger partial charge in [0.1, 0.15) is 5.75 Å². The molecule has 0 saturated carbocycles. The van der Waals surface area contributed by atoms with Crippen LogP contribution in [0.3, 0.4) is 0 Å². The minimum absolute atomic E-state index is 0.0615. The molecule has 1 aromatic carbocycles. The van der Waals surface area contributed by atoms with Gasteiger partial charge in [-0.2, -0.15) is 0 Å². The van der Waals surface area contributed by atoms with Crippen LogP contribution in [-0.2, 0) is 0 Å². The van der Waals surface area contributed by atoms with Crippen LogP contribution in [0.1, 0.15) is 15.9 Å². The van der Waals surface area contributed by atoms with Crippen LogP contribution < -0.4 is 5.73 Å². The summed E-state index contributed by atoms with van der Waals surface area (Å²) < 4.78 is 0. The molecule has 0 bridgehead atoms. The molecule has 72 valence electrons. The summed E-state index contributed by atoms with van der Waals surface area (Å²) in [7, 11) is 0. The van der Waals surface area contributed by atoms with E-state index in [-0.39, 0.29) is 17.2 Å². The van der Waals surface area contributed by atoms with E-state index in [1.54, 1.807) is 6.07 Å². The van der Waals surface area contributed by atoms with Gasteiger partial charge in [-0.15, -0.1) is 11.6 Å². The number of hydrogen-bond donors (Lipinski definition) is 2. The van der Waals surface area contributed by atoms with E-state index in [0.29, 0.717) is 5.56 Å². The first-order chi connectivity index (χ1) is 6.65. The van der Waals surface area contributed by atoms with Crippen LogP contribution in [0.5, 0.6) is 5.75 Å². The lowest BCUT2D eigenvalue weighted by Crippen LogP contribution is -2.11. The van der Waals surface area contributed by atoms with E-state index in [1.165, 1.54) is 12.1 Å². The van der Waals surface area contributed by atoms with Gasteiger partial charge in [-0.3, -0.25) is 4.79 Å². The summed E-state index contributed by atoms with van der Waals surface area (Å²) in [6, 6.07) is 4.39. The predicted octanol–water partition coefficient (Wildman–Crippen LogP) is 1.08. The fourth-order valence-corrected chi connectivity index (χ4v) is 1.01. The highest BCUT2D eigenvalue weighted by molar-refractivity contribution is 6.19. The number of rotatable bonds is 1. The molecule has 3 nitrogen and oxygen atoms in total. The van der Waals surface area contributed by atoms with Crippen molar-refractivity contribution >= 4 is 17.5 Å². The van der Waals surface area contributed by atoms with E-state index in [4.69, 9.17) is 17.3 Å². The molecule has 3 N–H and O–H groups in total. The molecule has 14 heavy (non-hydrogen) atoms. The summed E-state index contributed by atoms with van der Waals surface area (Å²) in [6.45, 7) is 0. The zero-order valence-corrected chi connectivity index (χ0v) is 8.01. The van der Waals surface area contributed by atoms with E-state index in [2.05, 4.69) is 11.8 Å². The average molecular weight is 210 g/mol. The van der Waals surface area contributed by atoms with Gasteiger partial charge >= 0.3 is 0 Å². The number of nitrogens with two attached hydrogens (primary N) is 1. The summed E-state index contributed by atoms with van der Waals surface area (Å²) in [5.41, 5.74) is 5.70. The number of carbonyl (C=O) groups is 1. The van der Waals surface area contributed by atoms with E-state index >= 15 is 0 Å². The number of phenols is 1. The van der Waals surface area contributed by atoms with E-state index in [1.807, 2.05) is 0 Å². The molecule has 0 fully saturated rings. The SMILES string of the molecule is NC(=O)c1cc(C#CCCl)ccc1O. The maximum atomic E-state index is 10.8. The number of primary amides is 1. The molecule has 0 radical (unpaired) electrons. The monoisotopic (exact) mass is 209 g/mol. The molecule has 0 saturated heterocycles. The third-order valence-electron chi connectivity index (χ3n) is 1.56. The normalized spacial score (nSPS) is 8.93. The van der Waals surface area contributed by atoms with Crippen LogP contribution in [0.25, 0.3) is 0 Å². The van der Waals surface area contributed by atoms with Crippen molar-refractivity contribution in [3.05, 3.63) is 29.3 Å². The number of amides is 1. The Morgan fingerprint density at radius 1 is 1.57 bits per heavy atom. The lowest BCUT2D eigenvalue weighted by atomic mass is 10.1. The Labute approximate surface area is 86.5 Å². The maximum Gasteiger partial charge on any atom is 0.252 e. The predicted molar refractivity (Wildman–Crippen MR) is 54.2 cm³/mol. The first-order valence-electron chi connectivity index (χ1n) is 3.83. The second-order valence-electron chi connectivity index (χ2n) is 2.53. The third-order valence-corrected chi connectivity index (χ3v) is 1.70. The lowest BCUT2D eigenvalue weighted by molar-refractivity contribution is 0.0997. The number of hydrogen-bond acceptors (Lipinski definition) is 2. The molecule has 4 heteroatoms. The van der Waals surface area contributed by atoms with Crippen molar-refractivity contribution in [2.45, 2.75) is 0 Å². The van der Waals surface area contributed by atoms with E-state index in [0.717, 1.165) is 0 Å². The molecule has 0 aliphatic heterocycles. The van der Waals surface area contributed by atoms with Gasteiger partial charge < -0.3 is 10.8 Å². The number of aromatic hydroxyl groups is 1. The molecule has 0 heterocycles. The molecule has 0 aromatic heterocycles. The second-order valence-corrected chi connectivity index (χ2v) is 2.80. The second kappa shape index (κ2) is 4.54. The molecule has 0 atom stereocenters. The molecule has 1 rings (SSSR count). The molecular weight excluding hydrogens is 202 g/mol. The van der Waals surface area contributed by atoms with E-state index in [9.17, 15) is 9.90 Å². The number of alkyl halides is 1. The van der Waals surface area contributed by atoms with Crippen molar-refractivity contribution in [1.82, 2.24) is 0 Å². The molecular formula is C10H8ClNO2. The van der Waals surface area contributed by atoms with Crippen molar-refractivity contribution in [3.63, 3.8) is 0 Å². The Bertz CT molecular complexity index is 418. The minimum Gasteiger partial charge on any atom is -0.507 e. The molecule has 0 unspecified atom stereocenters. The molecule has 0 aliphatic rings. The van der Waals surface area contributed by atoms with Gasteiger partial charge in [0.2, 0.25) is 0 Å². The topological polar surface area (TPSA) is 63.3 Å². The zero-order valence-electron chi connectivity index (χ0n) is 7.25. The maximum absolute atomic E-state index is 10.8.